The molecule has 0 fully saturated rings. The molecule has 0 aliphatic heterocycles. The van der Waals surface area contributed by atoms with Crippen molar-refractivity contribution in [2.75, 3.05) is 7.11 Å². The minimum atomic E-state index is -0.288. The molecule has 0 saturated heterocycles. The van der Waals surface area contributed by atoms with Crippen LogP contribution in [0.2, 0.25) is 0 Å². The zero-order valence-corrected chi connectivity index (χ0v) is 10.5. The number of carbonyl (C=O) groups excluding carboxylic acids is 1. The normalized spacial score (nSPS) is 10.7. The van der Waals surface area contributed by atoms with Crippen molar-refractivity contribution in [2.24, 2.45) is 0 Å². The number of halogens is 2. The van der Waals surface area contributed by atoms with E-state index in [0.29, 0.717) is 22.9 Å². The summed E-state index contributed by atoms with van der Waals surface area (Å²) in [5.74, 6) is -0.551. The topological polar surface area (TPSA) is 26.3 Å². The number of hydrogen-bond acceptors (Lipinski definition) is 2. The molecule has 0 bridgehead atoms. The number of carbonyl (C=O) groups is 1. The Hall–Kier alpha value is -1.16. The highest BCUT2D eigenvalue weighted by Crippen LogP contribution is 2.16. The van der Waals surface area contributed by atoms with Gasteiger partial charge in [0.15, 0.2) is 0 Å². The molecule has 16 heavy (non-hydrogen) atoms. The van der Waals surface area contributed by atoms with Crippen LogP contribution >= 0.6 is 15.9 Å². The number of methoxy groups -OCH3 is 1. The third kappa shape index (κ3) is 4.14. The van der Waals surface area contributed by atoms with Crippen LogP contribution in [0.4, 0.5) is 4.39 Å². The van der Waals surface area contributed by atoms with Crippen LogP contribution < -0.4 is 0 Å². The Morgan fingerprint density at radius 2 is 2.31 bits per heavy atom. The van der Waals surface area contributed by atoms with E-state index >= 15 is 0 Å². The average Bonchev–Trinajstić information content (AvgIpc) is 2.26. The van der Waals surface area contributed by atoms with Gasteiger partial charge in [0.1, 0.15) is 5.82 Å². The fraction of sp³-hybridized carbons (Fsp3) is 0.250. The fourth-order valence-corrected chi connectivity index (χ4v) is 1.48. The number of hydrogen-bond donors (Lipinski definition) is 0. The van der Waals surface area contributed by atoms with Crippen molar-refractivity contribution < 1.29 is 13.9 Å². The molecule has 4 heteroatoms. The summed E-state index contributed by atoms with van der Waals surface area (Å²) in [5.41, 5.74) is 0.507. The second-order valence-electron chi connectivity index (χ2n) is 3.18. The third-order valence-electron chi connectivity index (χ3n) is 2.00. The van der Waals surface area contributed by atoms with Crippen LogP contribution in [0.1, 0.15) is 18.4 Å². The Morgan fingerprint density at radius 1 is 1.56 bits per heavy atom. The molecule has 0 spiro atoms. The van der Waals surface area contributed by atoms with Crippen LogP contribution in [0.3, 0.4) is 0 Å². The number of benzene rings is 1. The van der Waals surface area contributed by atoms with Crippen LogP contribution in [0.25, 0.3) is 6.08 Å². The molecule has 0 unspecified atom stereocenters. The minimum absolute atomic E-state index is 0.263. The van der Waals surface area contributed by atoms with E-state index in [4.69, 9.17) is 0 Å². The first kappa shape index (κ1) is 12.9. The van der Waals surface area contributed by atoms with E-state index in [9.17, 15) is 9.18 Å². The van der Waals surface area contributed by atoms with Gasteiger partial charge in [-0.25, -0.2) is 4.39 Å². The average molecular weight is 287 g/mol. The lowest BCUT2D eigenvalue weighted by Gasteiger charge is -1.97. The lowest BCUT2D eigenvalue weighted by atomic mass is 10.2. The monoisotopic (exact) mass is 286 g/mol. The second-order valence-corrected chi connectivity index (χ2v) is 4.10. The molecule has 0 aromatic heterocycles. The predicted molar refractivity (Wildman–Crippen MR) is 64.4 cm³/mol. The van der Waals surface area contributed by atoms with E-state index in [1.165, 1.54) is 13.2 Å². The Labute approximate surface area is 102 Å². The number of ether oxygens (including phenoxy) is 1. The van der Waals surface area contributed by atoms with Crippen LogP contribution in [0.15, 0.2) is 28.7 Å². The van der Waals surface area contributed by atoms with E-state index in [1.54, 1.807) is 24.3 Å². The summed E-state index contributed by atoms with van der Waals surface area (Å²) in [6.07, 6.45) is 4.27. The highest BCUT2D eigenvalue weighted by molar-refractivity contribution is 9.10. The second kappa shape index (κ2) is 6.43. The van der Waals surface area contributed by atoms with Gasteiger partial charge in [-0.15, -0.1) is 0 Å². The van der Waals surface area contributed by atoms with E-state index in [2.05, 4.69) is 20.7 Å². The van der Waals surface area contributed by atoms with Gasteiger partial charge in [0.2, 0.25) is 0 Å². The van der Waals surface area contributed by atoms with E-state index in [-0.39, 0.29) is 11.8 Å². The molecule has 1 aromatic carbocycles. The van der Waals surface area contributed by atoms with Crippen LogP contribution in [-0.2, 0) is 9.53 Å². The number of allylic oxidation sites excluding steroid dienone is 1. The SMILES string of the molecule is COC(=O)CCC=Cc1ccc(Br)cc1F. The van der Waals surface area contributed by atoms with Gasteiger partial charge in [0, 0.05) is 16.5 Å². The Bertz CT molecular complexity index is 402. The van der Waals surface area contributed by atoms with Crippen LogP contribution in [-0.4, -0.2) is 13.1 Å². The first-order valence-corrected chi connectivity index (χ1v) is 5.61. The smallest absolute Gasteiger partial charge is 0.305 e. The first-order valence-electron chi connectivity index (χ1n) is 4.82. The van der Waals surface area contributed by atoms with Crippen molar-refractivity contribution in [2.45, 2.75) is 12.8 Å². The molecule has 0 aliphatic carbocycles. The summed E-state index contributed by atoms with van der Waals surface area (Å²) in [7, 11) is 1.35. The van der Waals surface area contributed by atoms with E-state index in [1.807, 2.05) is 0 Å². The van der Waals surface area contributed by atoms with Gasteiger partial charge in [-0.3, -0.25) is 4.79 Å². The number of rotatable bonds is 4. The maximum absolute atomic E-state index is 13.3. The standard InChI is InChI=1S/C12H12BrFO2/c1-16-12(15)5-3-2-4-9-6-7-10(13)8-11(9)14/h2,4,6-8H,3,5H2,1H3. The Balaban J connectivity index is 2.53. The summed E-state index contributed by atoms with van der Waals surface area (Å²) < 4.78 is 18.5. The van der Waals surface area contributed by atoms with Gasteiger partial charge in [-0.2, -0.15) is 0 Å². The van der Waals surface area contributed by atoms with Gasteiger partial charge in [-0.1, -0.05) is 34.1 Å². The third-order valence-corrected chi connectivity index (χ3v) is 2.50. The summed E-state index contributed by atoms with van der Waals surface area (Å²) in [6, 6.07) is 4.84. The zero-order chi connectivity index (χ0) is 12.0. The molecule has 86 valence electrons. The lowest BCUT2D eigenvalue weighted by molar-refractivity contribution is -0.140. The molecule has 0 amide bonds. The molecule has 0 N–H and O–H groups in total. The maximum Gasteiger partial charge on any atom is 0.305 e. The molecule has 0 heterocycles. The largest absolute Gasteiger partial charge is 0.469 e. The van der Waals surface area contributed by atoms with Gasteiger partial charge >= 0.3 is 5.97 Å². The van der Waals surface area contributed by atoms with E-state index < -0.39 is 0 Å². The van der Waals surface area contributed by atoms with Gasteiger partial charge in [-0.05, 0) is 18.6 Å². The lowest BCUT2D eigenvalue weighted by Crippen LogP contribution is -1.97. The Morgan fingerprint density at radius 3 is 2.94 bits per heavy atom. The minimum Gasteiger partial charge on any atom is -0.469 e. The zero-order valence-electron chi connectivity index (χ0n) is 8.87. The van der Waals surface area contributed by atoms with Crippen molar-refractivity contribution in [1.82, 2.24) is 0 Å². The molecular formula is C12H12BrFO2. The molecule has 1 aromatic rings. The van der Waals surface area contributed by atoms with Crippen molar-refractivity contribution in [1.29, 1.82) is 0 Å². The molecule has 1 rings (SSSR count). The number of esters is 1. The van der Waals surface area contributed by atoms with Crippen molar-refractivity contribution in [3.05, 3.63) is 40.1 Å². The first-order chi connectivity index (χ1) is 7.63. The molecule has 2 nitrogen and oxygen atoms in total. The van der Waals surface area contributed by atoms with Gasteiger partial charge < -0.3 is 4.74 Å². The quantitative estimate of drug-likeness (QED) is 0.791. The van der Waals surface area contributed by atoms with Crippen molar-refractivity contribution >= 4 is 28.0 Å². The highest BCUT2D eigenvalue weighted by Gasteiger charge is 1.99. The summed E-state index contributed by atoms with van der Waals surface area (Å²) in [4.78, 5) is 10.8. The molecule has 0 aliphatic rings. The summed E-state index contributed by atoms with van der Waals surface area (Å²) in [6.45, 7) is 0. The highest BCUT2D eigenvalue weighted by atomic mass is 79.9. The Kier molecular flexibility index (Phi) is 5.19. The molecular weight excluding hydrogens is 275 g/mol. The van der Waals surface area contributed by atoms with Gasteiger partial charge in [0.25, 0.3) is 0 Å². The van der Waals surface area contributed by atoms with E-state index in [0.717, 1.165) is 0 Å². The predicted octanol–water partition coefficient (Wildman–Crippen LogP) is 3.55. The molecule has 0 radical (unpaired) electrons. The summed E-state index contributed by atoms with van der Waals surface area (Å²) in [5, 5.41) is 0. The van der Waals surface area contributed by atoms with Crippen molar-refractivity contribution in [3.63, 3.8) is 0 Å². The van der Waals surface area contributed by atoms with Crippen LogP contribution in [0.5, 0.6) is 0 Å². The summed E-state index contributed by atoms with van der Waals surface area (Å²) >= 11 is 3.18. The fourth-order valence-electron chi connectivity index (χ4n) is 1.15. The van der Waals surface area contributed by atoms with Gasteiger partial charge in [0.05, 0.1) is 7.11 Å². The maximum atomic E-state index is 13.3. The molecule has 0 saturated carbocycles. The van der Waals surface area contributed by atoms with Crippen LogP contribution in [0, 0.1) is 5.82 Å². The molecule has 0 atom stereocenters. The van der Waals surface area contributed by atoms with Crippen molar-refractivity contribution in [3.8, 4) is 0 Å².